The summed E-state index contributed by atoms with van der Waals surface area (Å²) in [4.78, 5) is 4.55. The van der Waals surface area contributed by atoms with Gasteiger partial charge < -0.3 is 4.74 Å². The summed E-state index contributed by atoms with van der Waals surface area (Å²) in [5.74, 6) is 1.54. The predicted octanol–water partition coefficient (Wildman–Crippen LogP) is 3.97. The first-order valence-corrected chi connectivity index (χ1v) is 6.81. The molecule has 3 rings (SSSR count). The van der Waals surface area contributed by atoms with Crippen LogP contribution in [-0.2, 0) is 12.8 Å². The molecule has 2 aromatic rings. The number of nitrogens with zero attached hydrogens (tertiary/aromatic N) is 1. The summed E-state index contributed by atoms with van der Waals surface area (Å²) in [6.45, 7) is 0. The third kappa shape index (κ3) is 2.44. The second-order valence-electron chi connectivity index (χ2n) is 4.16. The molecule has 0 spiro atoms. The number of pyridine rings is 1. The van der Waals surface area contributed by atoms with E-state index in [1.54, 1.807) is 0 Å². The second kappa shape index (κ2) is 4.64. The highest BCUT2D eigenvalue weighted by Gasteiger charge is 2.12. The highest BCUT2D eigenvalue weighted by molar-refractivity contribution is 14.1. The monoisotopic (exact) mass is 337 g/mol. The molecule has 86 valence electrons. The number of hydrogen-bond donors (Lipinski definition) is 0. The molecule has 2 nitrogen and oxygen atoms in total. The van der Waals surface area contributed by atoms with Crippen LogP contribution in [0.3, 0.4) is 0 Å². The van der Waals surface area contributed by atoms with E-state index in [9.17, 15) is 0 Å². The topological polar surface area (TPSA) is 22.1 Å². The third-order valence-corrected chi connectivity index (χ3v) is 3.66. The fraction of sp³-hybridized carbons (Fsp3) is 0.214. The Balaban J connectivity index is 1.83. The summed E-state index contributed by atoms with van der Waals surface area (Å²) < 4.78 is 6.95. The SMILES string of the molecule is Ic1ccc(Oc2ccc3c(n2)CCC3)cc1. The Hall–Kier alpha value is -1.10. The number of benzene rings is 1. The van der Waals surface area contributed by atoms with E-state index < -0.39 is 0 Å². The maximum Gasteiger partial charge on any atom is 0.219 e. The summed E-state index contributed by atoms with van der Waals surface area (Å²) in [5, 5.41) is 0. The molecule has 0 fully saturated rings. The van der Waals surface area contributed by atoms with Gasteiger partial charge in [-0.25, -0.2) is 4.98 Å². The molecule has 17 heavy (non-hydrogen) atoms. The van der Waals surface area contributed by atoms with Crippen LogP contribution in [-0.4, -0.2) is 4.98 Å². The molecule has 1 aliphatic rings. The minimum Gasteiger partial charge on any atom is -0.439 e. The lowest BCUT2D eigenvalue weighted by molar-refractivity contribution is 0.461. The molecular weight excluding hydrogens is 325 g/mol. The highest BCUT2D eigenvalue weighted by Crippen LogP contribution is 2.25. The van der Waals surface area contributed by atoms with E-state index in [0.717, 1.165) is 18.6 Å². The number of ether oxygens (including phenoxy) is 1. The minimum absolute atomic E-state index is 0.701. The standard InChI is InChI=1S/C14H12INO/c15-11-5-7-12(8-6-11)17-14-9-4-10-2-1-3-13(10)16-14/h4-9H,1-3H2. The van der Waals surface area contributed by atoms with Crippen LogP contribution >= 0.6 is 22.6 Å². The van der Waals surface area contributed by atoms with Gasteiger partial charge in [0.1, 0.15) is 5.75 Å². The number of aromatic nitrogens is 1. The van der Waals surface area contributed by atoms with Crippen LogP contribution in [0.25, 0.3) is 0 Å². The lowest BCUT2D eigenvalue weighted by Crippen LogP contribution is -1.92. The molecule has 0 radical (unpaired) electrons. The van der Waals surface area contributed by atoms with Crippen molar-refractivity contribution in [3.8, 4) is 11.6 Å². The third-order valence-electron chi connectivity index (χ3n) is 2.94. The molecule has 0 saturated heterocycles. The lowest BCUT2D eigenvalue weighted by Gasteiger charge is -2.06. The first-order chi connectivity index (χ1) is 8.31. The molecular formula is C14H12INO. The van der Waals surface area contributed by atoms with Gasteiger partial charge in [-0.05, 0) is 71.7 Å². The van der Waals surface area contributed by atoms with Gasteiger partial charge in [-0.15, -0.1) is 0 Å². The van der Waals surface area contributed by atoms with Crippen molar-refractivity contribution in [1.82, 2.24) is 4.98 Å². The zero-order chi connectivity index (χ0) is 11.7. The van der Waals surface area contributed by atoms with Gasteiger partial charge in [0, 0.05) is 15.3 Å². The molecule has 0 aliphatic heterocycles. The van der Waals surface area contributed by atoms with E-state index in [4.69, 9.17) is 4.74 Å². The van der Waals surface area contributed by atoms with Gasteiger partial charge in [-0.2, -0.15) is 0 Å². The van der Waals surface area contributed by atoms with E-state index in [0.29, 0.717) is 5.88 Å². The van der Waals surface area contributed by atoms with E-state index in [1.807, 2.05) is 30.3 Å². The minimum atomic E-state index is 0.701. The summed E-state index contributed by atoms with van der Waals surface area (Å²) >= 11 is 2.28. The average Bonchev–Trinajstić information content (AvgIpc) is 2.79. The van der Waals surface area contributed by atoms with Crippen LogP contribution in [0.2, 0.25) is 0 Å². The second-order valence-corrected chi connectivity index (χ2v) is 5.41. The summed E-state index contributed by atoms with van der Waals surface area (Å²) in [5.41, 5.74) is 2.58. The molecule has 1 heterocycles. The number of rotatable bonds is 2. The Labute approximate surface area is 114 Å². The molecule has 0 atom stereocenters. The first kappa shape index (κ1) is 11.0. The van der Waals surface area contributed by atoms with Gasteiger partial charge >= 0.3 is 0 Å². The van der Waals surface area contributed by atoms with E-state index in [1.165, 1.54) is 21.2 Å². The fourth-order valence-electron chi connectivity index (χ4n) is 2.08. The summed E-state index contributed by atoms with van der Waals surface area (Å²) in [6.07, 6.45) is 3.46. The summed E-state index contributed by atoms with van der Waals surface area (Å²) in [6, 6.07) is 12.1. The van der Waals surface area contributed by atoms with Gasteiger partial charge in [0.05, 0.1) is 0 Å². The predicted molar refractivity (Wildman–Crippen MR) is 75.5 cm³/mol. The van der Waals surface area contributed by atoms with Crippen LogP contribution in [0.15, 0.2) is 36.4 Å². The quantitative estimate of drug-likeness (QED) is 0.774. The zero-order valence-corrected chi connectivity index (χ0v) is 11.5. The van der Waals surface area contributed by atoms with Crippen LogP contribution in [0.1, 0.15) is 17.7 Å². The number of hydrogen-bond acceptors (Lipinski definition) is 2. The Morgan fingerprint density at radius 3 is 2.65 bits per heavy atom. The van der Waals surface area contributed by atoms with Gasteiger partial charge in [0.25, 0.3) is 0 Å². The molecule has 0 bridgehead atoms. The fourth-order valence-corrected chi connectivity index (χ4v) is 2.44. The van der Waals surface area contributed by atoms with Crippen molar-refractivity contribution in [2.24, 2.45) is 0 Å². The number of aryl methyl sites for hydroxylation is 2. The average molecular weight is 337 g/mol. The van der Waals surface area contributed by atoms with Crippen molar-refractivity contribution in [1.29, 1.82) is 0 Å². The Morgan fingerprint density at radius 1 is 1.00 bits per heavy atom. The molecule has 1 aromatic carbocycles. The van der Waals surface area contributed by atoms with Crippen molar-refractivity contribution < 1.29 is 4.74 Å². The highest BCUT2D eigenvalue weighted by atomic mass is 127. The maximum absolute atomic E-state index is 5.74. The van der Waals surface area contributed by atoms with Gasteiger partial charge in [0.15, 0.2) is 0 Å². The molecule has 0 unspecified atom stereocenters. The molecule has 1 aliphatic carbocycles. The van der Waals surface area contributed by atoms with Crippen molar-refractivity contribution >= 4 is 22.6 Å². The maximum atomic E-state index is 5.74. The lowest BCUT2D eigenvalue weighted by atomic mass is 10.2. The van der Waals surface area contributed by atoms with Crippen molar-refractivity contribution in [2.45, 2.75) is 19.3 Å². The van der Waals surface area contributed by atoms with Crippen molar-refractivity contribution in [2.75, 3.05) is 0 Å². The summed E-state index contributed by atoms with van der Waals surface area (Å²) in [7, 11) is 0. The van der Waals surface area contributed by atoms with Crippen molar-refractivity contribution in [3.63, 3.8) is 0 Å². The first-order valence-electron chi connectivity index (χ1n) is 5.73. The van der Waals surface area contributed by atoms with E-state index in [2.05, 4.69) is 33.6 Å². The van der Waals surface area contributed by atoms with Crippen LogP contribution < -0.4 is 4.74 Å². The van der Waals surface area contributed by atoms with Crippen molar-refractivity contribution in [3.05, 3.63) is 51.2 Å². The zero-order valence-electron chi connectivity index (χ0n) is 9.32. The Kier molecular flexibility index (Phi) is 3.01. The molecule has 0 amide bonds. The molecule has 1 aromatic heterocycles. The van der Waals surface area contributed by atoms with Crippen LogP contribution in [0.4, 0.5) is 0 Å². The molecule has 0 N–H and O–H groups in total. The smallest absolute Gasteiger partial charge is 0.219 e. The van der Waals surface area contributed by atoms with E-state index in [-0.39, 0.29) is 0 Å². The largest absolute Gasteiger partial charge is 0.439 e. The van der Waals surface area contributed by atoms with Crippen LogP contribution in [0.5, 0.6) is 11.6 Å². The van der Waals surface area contributed by atoms with Crippen LogP contribution in [0, 0.1) is 3.57 Å². The van der Waals surface area contributed by atoms with Gasteiger partial charge in [-0.3, -0.25) is 0 Å². The van der Waals surface area contributed by atoms with Gasteiger partial charge in [-0.1, -0.05) is 6.07 Å². The van der Waals surface area contributed by atoms with Gasteiger partial charge in [0.2, 0.25) is 5.88 Å². The Bertz CT molecular complexity index is 536. The Morgan fingerprint density at radius 2 is 1.82 bits per heavy atom. The number of halogens is 1. The molecule has 3 heteroatoms. The number of fused-ring (bicyclic) bond motifs is 1. The normalized spacial score (nSPS) is 13.5. The van der Waals surface area contributed by atoms with E-state index >= 15 is 0 Å². The molecule has 0 saturated carbocycles.